The largest absolute Gasteiger partial charge is 0.472 e. The van der Waals surface area contributed by atoms with Gasteiger partial charge in [-0.2, -0.15) is 0 Å². The first-order valence-corrected chi connectivity index (χ1v) is 12.2. The van der Waals surface area contributed by atoms with E-state index in [4.69, 9.17) is 9.05 Å². The zero-order valence-electron chi connectivity index (χ0n) is 17.2. The van der Waals surface area contributed by atoms with Crippen molar-refractivity contribution in [3.63, 3.8) is 0 Å². The maximum absolute atomic E-state index is 12.5. The maximum atomic E-state index is 12.5. The third kappa shape index (κ3) is 14.9. The number of phosphoric ester groups is 1. The van der Waals surface area contributed by atoms with E-state index in [1.807, 2.05) is 0 Å². The van der Waals surface area contributed by atoms with Crippen LogP contribution in [0.1, 0.15) is 118 Å². The van der Waals surface area contributed by atoms with Crippen molar-refractivity contribution >= 4 is 7.82 Å². The van der Waals surface area contributed by atoms with Crippen LogP contribution in [0.25, 0.3) is 0 Å². The first-order chi connectivity index (χ1) is 12.0. The molecular formula is C20H43O4P. The van der Waals surface area contributed by atoms with E-state index < -0.39 is 7.82 Å². The molecule has 2 atom stereocenters. The molecule has 0 aromatic heterocycles. The van der Waals surface area contributed by atoms with Crippen LogP contribution in [0.3, 0.4) is 0 Å². The summed E-state index contributed by atoms with van der Waals surface area (Å²) in [6, 6.07) is 0. The molecule has 0 aliphatic heterocycles. The SMILES string of the molecule is CCCCCC(CCCC)OP(=O)(O)OC(CCCC)CCCCC. The molecule has 1 N–H and O–H groups in total. The van der Waals surface area contributed by atoms with Crippen molar-refractivity contribution in [2.24, 2.45) is 0 Å². The predicted octanol–water partition coefficient (Wildman–Crippen LogP) is 7.40. The molecule has 0 spiro atoms. The van der Waals surface area contributed by atoms with Gasteiger partial charge in [0.05, 0.1) is 12.2 Å². The van der Waals surface area contributed by atoms with Gasteiger partial charge < -0.3 is 4.89 Å². The molecule has 5 heteroatoms. The minimum atomic E-state index is -3.98. The quantitative estimate of drug-likeness (QED) is 0.199. The molecule has 0 amide bonds. The molecule has 2 unspecified atom stereocenters. The lowest BCUT2D eigenvalue weighted by atomic mass is 10.1. The Morgan fingerprint density at radius 1 is 0.640 bits per heavy atom. The van der Waals surface area contributed by atoms with E-state index in [0.717, 1.165) is 89.9 Å². The Bertz CT molecular complexity index is 308. The smallest absolute Gasteiger partial charge is 0.302 e. The molecule has 152 valence electrons. The normalized spacial score (nSPS) is 16.5. The van der Waals surface area contributed by atoms with Gasteiger partial charge in [0.2, 0.25) is 0 Å². The fourth-order valence-corrected chi connectivity index (χ4v) is 4.23. The molecule has 4 nitrogen and oxygen atoms in total. The van der Waals surface area contributed by atoms with Gasteiger partial charge in [0.25, 0.3) is 0 Å². The Balaban J connectivity index is 4.60. The molecule has 0 aromatic carbocycles. The van der Waals surface area contributed by atoms with Crippen LogP contribution in [0, 0.1) is 0 Å². The van der Waals surface area contributed by atoms with Crippen molar-refractivity contribution in [3.8, 4) is 0 Å². The zero-order valence-corrected chi connectivity index (χ0v) is 18.1. The molecule has 0 rings (SSSR count). The summed E-state index contributed by atoms with van der Waals surface area (Å²) in [4.78, 5) is 10.3. The van der Waals surface area contributed by atoms with Crippen molar-refractivity contribution < 1.29 is 18.5 Å². The van der Waals surface area contributed by atoms with Gasteiger partial charge in [-0.05, 0) is 25.7 Å². The predicted molar refractivity (Wildman–Crippen MR) is 107 cm³/mol. The number of unbranched alkanes of at least 4 members (excludes halogenated alkanes) is 6. The molecule has 0 aromatic rings. The van der Waals surface area contributed by atoms with E-state index in [2.05, 4.69) is 27.7 Å². The monoisotopic (exact) mass is 378 g/mol. The third-order valence-corrected chi connectivity index (χ3v) is 5.71. The number of hydrogen-bond donors (Lipinski definition) is 1. The molecular weight excluding hydrogens is 335 g/mol. The third-order valence-electron chi connectivity index (χ3n) is 4.58. The lowest BCUT2D eigenvalue weighted by Crippen LogP contribution is -2.17. The Morgan fingerprint density at radius 3 is 1.28 bits per heavy atom. The summed E-state index contributed by atoms with van der Waals surface area (Å²) < 4.78 is 23.7. The summed E-state index contributed by atoms with van der Waals surface area (Å²) in [5, 5.41) is 0. The van der Waals surface area contributed by atoms with Gasteiger partial charge in [0, 0.05) is 0 Å². The summed E-state index contributed by atoms with van der Waals surface area (Å²) in [5.74, 6) is 0. The van der Waals surface area contributed by atoms with Crippen LogP contribution in [-0.2, 0) is 13.6 Å². The maximum Gasteiger partial charge on any atom is 0.472 e. The van der Waals surface area contributed by atoms with Crippen molar-refractivity contribution in [1.82, 2.24) is 0 Å². The highest BCUT2D eigenvalue weighted by Gasteiger charge is 2.29. The van der Waals surface area contributed by atoms with E-state index >= 15 is 0 Å². The Morgan fingerprint density at radius 2 is 0.960 bits per heavy atom. The Kier molecular flexibility index (Phi) is 16.4. The van der Waals surface area contributed by atoms with Gasteiger partial charge in [0.1, 0.15) is 0 Å². The molecule has 0 fully saturated rings. The van der Waals surface area contributed by atoms with Gasteiger partial charge in [-0.3, -0.25) is 9.05 Å². The van der Waals surface area contributed by atoms with Crippen LogP contribution < -0.4 is 0 Å². The van der Waals surface area contributed by atoms with Crippen molar-refractivity contribution in [2.75, 3.05) is 0 Å². The topological polar surface area (TPSA) is 55.8 Å². The molecule has 25 heavy (non-hydrogen) atoms. The summed E-state index contributed by atoms with van der Waals surface area (Å²) in [6.07, 6.45) is 13.9. The Labute approximate surface area is 156 Å². The second kappa shape index (κ2) is 16.3. The van der Waals surface area contributed by atoms with Crippen LogP contribution in [0.5, 0.6) is 0 Å². The van der Waals surface area contributed by atoms with E-state index in [1.165, 1.54) is 0 Å². The van der Waals surface area contributed by atoms with Crippen molar-refractivity contribution in [1.29, 1.82) is 0 Å². The lowest BCUT2D eigenvalue weighted by molar-refractivity contribution is 0.0580. The van der Waals surface area contributed by atoms with Gasteiger partial charge in [-0.1, -0.05) is 91.9 Å². The van der Waals surface area contributed by atoms with Gasteiger partial charge in [-0.15, -0.1) is 0 Å². The van der Waals surface area contributed by atoms with Crippen LogP contribution in [0.4, 0.5) is 0 Å². The summed E-state index contributed by atoms with van der Waals surface area (Å²) in [6.45, 7) is 8.59. The number of rotatable bonds is 18. The summed E-state index contributed by atoms with van der Waals surface area (Å²) in [7, 11) is -3.98. The standard InChI is InChI=1S/C20H43O4P/c1-5-9-13-17-19(15-11-7-3)23-25(21,22)24-20(16-12-8-4)18-14-10-6-2/h19-20H,5-18H2,1-4H3,(H,21,22). The minimum absolute atomic E-state index is 0.162. The summed E-state index contributed by atoms with van der Waals surface area (Å²) >= 11 is 0. The minimum Gasteiger partial charge on any atom is -0.302 e. The van der Waals surface area contributed by atoms with E-state index in [1.54, 1.807) is 0 Å². The summed E-state index contributed by atoms with van der Waals surface area (Å²) in [5.41, 5.74) is 0. The van der Waals surface area contributed by atoms with Crippen molar-refractivity contribution in [3.05, 3.63) is 0 Å². The molecule has 0 saturated carbocycles. The van der Waals surface area contributed by atoms with Gasteiger partial charge in [0.15, 0.2) is 0 Å². The van der Waals surface area contributed by atoms with Crippen LogP contribution in [0.2, 0.25) is 0 Å². The van der Waals surface area contributed by atoms with Crippen LogP contribution in [-0.4, -0.2) is 17.1 Å². The van der Waals surface area contributed by atoms with E-state index in [9.17, 15) is 9.46 Å². The van der Waals surface area contributed by atoms with Crippen LogP contribution >= 0.6 is 7.82 Å². The van der Waals surface area contributed by atoms with Crippen molar-refractivity contribution in [2.45, 2.75) is 130 Å². The highest BCUT2D eigenvalue weighted by Crippen LogP contribution is 2.48. The van der Waals surface area contributed by atoms with Gasteiger partial charge in [-0.25, -0.2) is 4.57 Å². The molecule has 0 saturated heterocycles. The molecule has 0 heterocycles. The first kappa shape index (κ1) is 25.1. The zero-order chi connectivity index (χ0) is 19.0. The fourth-order valence-electron chi connectivity index (χ4n) is 3.01. The average Bonchev–Trinajstić information content (AvgIpc) is 2.57. The Hall–Kier alpha value is 0.110. The highest BCUT2D eigenvalue weighted by molar-refractivity contribution is 7.47. The van der Waals surface area contributed by atoms with E-state index in [-0.39, 0.29) is 12.2 Å². The first-order valence-electron chi connectivity index (χ1n) is 10.7. The number of hydrogen-bond acceptors (Lipinski definition) is 3. The fraction of sp³-hybridized carbons (Fsp3) is 1.00. The second-order valence-corrected chi connectivity index (χ2v) is 8.56. The lowest BCUT2D eigenvalue weighted by Gasteiger charge is -2.25. The molecule has 0 bridgehead atoms. The second-order valence-electron chi connectivity index (χ2n) is 7.20. The average molecular weight is 379 g/mol. The van der Waals surface area contributed by atoms with E-state index in [0.29, 0.717) is 0 Å². The van der Waals surface area contributed by atoms with Crippen LogP contribution in [0.15, 0.2) is 0 Å². The highest BCUT2D eigenvalue weighted by atomic mass is 31.2. The molecule has 0 radical (unpaired) electrons. The van der Waals surface area contributed by atoms with Gasteiger partial charge >= 0.3 is 7.82 Å². The molecule has 0 aliphatic rings. The number of phosphoric acid groups is 1. The molecule has 0 aliphatic carbocycles.